The van der Waals surface area contributed by atoms with Crippen LogP contribution in [-0.2, 0) is 13.6 Å². The molecule has 0 spiro atoms. The van der Waals surface area contributed by atoms with Gasteiger partial charge in [-0.05, 0) is 25.0 Å². The third kappa shape index (κ3) is 3.38. The highest BCUT2D eigenvalue weighted by molar-refractivity contribution is 5.92. The fourth-order valence-electron chi connectivity index (χ4n) is 2.96. The number of benzene rings is 1. The molecule has 0 aliphatic carbocycles. The zero-order valence-corrected chi connectivity index (χ0v) is 13.7. The molecule has 1 aromatic carbocycles. The predicted molar refractivity (Wildman–Crippen MR) is 88.3 cm³/mol. The molecular weight excluding hydrogens is 290 g/mol. The van der Waals surface area contributed by atoms with E-state index in [4.69, 9.17) is 4.74 Å². The molecule has 5 heteroatoms. The number of aryl methyl sites for hydroxylation is 1. The summed E-state index contributed by atoms with van der Waals surface area (Å²) in [5, 5.41) is 4.11. The second-order valence-electron chi connectivity index (χ2n) is 6.02. The summed E-state index contributed by atoms with van der Waals surface area (Å²) in [6.07, 6.45) is 4.87. The van der Waals surface area contributed by atoms with Gasteiger partial charge in [0, 0.05) is 25.4 Å². The van der Waals surface area contributed by atoms with Crippen molar-refractivity contribution in [3.8, 4) is 5.75 Å². The lowest BCUT2D eigenvalue weighted by molar-refractivity contribution is 0.0657. The first-order valence-electron chi connectivity index (χ1n) is 8.21. The standard InChI is InChI=1S/C18H23N3O2/c1-3-4-8-15-13-21(18(22)16-10-11-19-20(16)2)12-14-7-5-6-9-17(14)23-15/h5-7,9-11,15H,3-4,8,12-13H2,1-2H3. The molecule has 0 radical (unpaired) electrons. The van der Waals surface area contributed by atoms with Crippen LogP contribution in [0.3, 0.4) is 0 Å². The average Bonchev–Trinajstić information content (AvgIpc) is 2.89. The lowest BCUT2D eigenvalue weighted by Crippen LogP contribution is -2.38. The van der Waals surface area contributed by atoms with Gasteiger partial charge >= 0.3 is 0 Å². The summed E-state index contributed by atoms with van der Waals surface area (Å²) in [6.45, 7) is 3.35. The molecule has 1 unspecified atom stereocenters. The number of hydrogen-bond acceptors (Lipinski definition) is 3. The van der Waals surface area contributed by atoms with E-state index in [-0.39, 0.29) is 12.0 Å². The van der Waals surface area contributed by atoms with Crippen molar-refractivity contribution < 1.29 is 9.53 Å². The normalized spacial score (nSPS) is 17.3. The molecule has 1 aliphatic rings. The molecule has 1 aliphatic heterocycles. The van der Waals surface area contributed by atoms with E-state index in [9.17, 15) is 4.79 Å². The zero-order chi connectivity index (χ0) is 16.2. The van der Waals surface area contributed by atoms with Gasteiger partial charge in [0.1, 0.15) is 17.5 Å². The lowest BCUT2D eigenvalue weighted by atomic mass is 10.1. The number of carbonyl (C=O) groups excluding carboxylic acids is 1. The highest BCUT2D eigenvalue weighted by atomic mass is 16.5. The lowest BCUT2D eigenvalue weighted by Gasteiger charge is -2.24. The predicted octanol–water partition coefficient (Wildman–Crippen LogP) is 3.01. The smallest absolute Gasteiger partial charge is 0.272 e. The first-order valence-corrected chi connectivity index (χ1v) is 8.21. The summed E-state index contributed by atoms with van der Waals surface area (Å²) in [5.41, 5.74) is 1.67. The third-order valence-corrected chi connectivity index (χ3v) is 4.26. The van der Waals surface area contributed by atoms with Gasteiger partial charge < -0.3 is 9.64 Å². The Labute approximate surface area is 136 Å². The number of para-hydroxylation sites is 1. The van der Waals surface area contributed by atoms with Crippen LogP contribution in [-0.4, -0.2) is 33.2 Å². The maximum atomic E-state index is 12.9. The van der Waals surface area contributed by atoms with E-state index in [2.05, 4.69) is 12.0 Å². The third-order valence-electron chi connectivity index (χ3n) is 4.26. The van der Waals surface area contributed by atoms with Gasteiger partial charge in [-0.15, -0.1) is 0 Å². The van der Waals surface area contributed by atoms with Gasteiger partial charge in [-0.2, -0.15) is 5.10 Å². The Hall–Kier alpha value is -2.30. The second-order valence-corrected chi connectivity index (χ2v) is 6.02. The summed E-state index contributed by atoms with van der Waals surface area (Å²) >= 11 is 0. The van der Waals surface area contributed by atoms with Crippen LogP contribution in [0.25, 0.3) is 0 Å². The summed E-state index contributed by atoms with van der Waals surface area (Å²) in [5.74, 6) is 0.903. The van der Waals surface area contributed by atoms with E-state index in [0.29, 0.717) is 18.8 Å². The Balaban J connectivity index is 1.87. The topological polar surface area (TPSA) is 47.4 Å². The molecule has 1 aromatic heterocycles. The molecule has 1 atom stereocenters. The molecule has 0 N–H and O–H groups in total. The second kappa shape index (κ2) is 6.86. The van der Waals surface area contributed by atoms with Gasteiger partial charge in [-0.3, -0.25) is 9.48 Å². The minimum atomic E-state index is 0.00630. The van der Waals surface area contributed by atoms with Crippen LogP contribution < -0.4 is 4.74 Å². The van der Waals surface area contributed by atoms with Crippen molar-refractivity contribution in [3.05, 3.63) is 47.8 Å². The van der Waals surface area contributed by atoms with Gasteiger partial charge in [0.15, 0.2) is 0 Å². The Morgan fingerprint density at radius 1 is 1.35 bits per heavy atom. The van der Waals surface area contributed by atoms with Crippen molar-refractivity contribution in [2.24, 2.45) is 7.05 Å². The fraction of sp³-hybridized carbons (Fsp3) is 0.444. The number of nitrogens with zero attached hydrogens (tertiary/aromatic N) is 3. The highest BCUT2D eigenvalue weighted by Gasteiger charge is 2.27. The number of amides is 1. The van der Waals surface area contributed by atoms with Gasteiger partial charge in [0.05, 0.1) is 6.54 Å². The Bertz CT molecular complexity index is 680. The monoisotopic (exact) mass is 313 g/mol. The SMILES string of the molecule is CCCCC1CN(C(=O)c2ccnn2C)Cc2ccccc2O1. The maximum Gasteiger partial charge on any atom is 0.272 e. The van der Waals surface area contributed by atoms with Crippen LogP contribution in [0.4, 0.5) is 0 Å². The molecule has 0 bridgehead atoms. The van der Waals surface area contributed by atoms with Crippen molar-refractivity contribution in [3.63, 3.8) is 0 Å². The maximum absolute atomic E-state index is 12.9. The molecule has 5 nitrogen and oxygen atoms in total. The number of fused-ring (bicyclic) bond motifs is 1. The molecule has 1 amide bonds. The minimum absolute atomic E-state index is 0.00630. The van der Waals surface area contributed by atoms with Gasteiger partial charge in [-0.25, -0.2) is 0 Å². The average molecular weight is 313 g/mol. The fourth-order valence-corrected chi connectivity index (χ4v) is 2.96. The molecule has 0 saturated heterocycles. The van der Waals surface area contributed by atoms with Gasteiger partial charge in [-0.1, -0.05) is 31.5 Å². The molecular formula is C18H23N3O2. The number of unbranched alkanes of at least 4 members (excludes halogenated alkanes) is 1. The van der Waals surface area contributed by atoms with Gasteiger partial charge in [0.2, 0.25) is 0 Å². The van der Waals surface area contributed by atoms with Crippen molar-refractivity contribution in [1.29, 1.82) is 0 Å². The Kier molecular flexibility index (Phi) is 4.65. The number of hydrogen-bond donors (Lipinski definition) is 0. The number of aromatic nitrogens is 2. The van der Waals surface area contributed by atoms with E-state index in [1.165, 1.54) is 0 Å². The molecule has 3 rings (SSSR count). The summed E-state index contributed by atoms with van der Waals surface area (Å²) in [4.78, 5) is 14.8. The Morgan fingerprint density at radius 2 is 2.17 bits per heavy atom. The number of ether oxygens (including phenoxy) is 1. The zero-order valence-electron chi connectivity index (χ0n) is 13.7. The van der Waals surface area contributed by atoms with E-state index >= 15 is 0 Å². The van der Waals surface area contributed by atoms with Crippen LogP contribution in [0.1, 0.15) is 42.2 Å². The first-order chi connectivity index (χ1) is 11.2. The van der Waals surface area contributed by atoms with E-state index in [1.54, 1.807) is 24.0 Å². The number of rotatable bonds is 4. The van der Waals surface area contributed by atoms with Crippen LogP contribution >= 0.6 is 0 Å². The van der Waals surface area contributed by atoms with Crippen LogP contribution in [0.5, 0.6) is 5.75 Å². The largest absolute Gasteiger partial charge is 0.488 e. The molecule has 122 valence electrons. The van der Waals surface area contributed by atoms with Crippen molar-refractivity contribution in [2.45, 2.75) is 38.8 Å². The highest BCUT2D eigenvalue weighted by Crippen LogP contribution is 2.27. The summed E-state index contributed by atoms with van der Waals surface area (Å²) in [7, 11) is 1.80. The molecule has 2 aromatic rings. The minimum Gasteiger partial charge on any atom is -0.488 e. The van der Waals surface area contributed by atoms with E-state index in [0.717, 1.165) is 30.6 Å². The quantitative estimate of drug-likeness (QED) is 0.872. The van der Waals surface area contributed by atoms with E-state index < -0.39 is 0 Å². The summed E-state index contributed by atoms with van der Waals surface area (Å²) in [6, 6.07) is 9.75. The Morgan fingerprint density at radius 3 is 2.91 bits per heavy atom. The molecule has 23 heavy (non-hydrogen) atoms. The molecule has 0 fully saturated rings. The van der Waals surface area contributed by atoms with Crippen LogP contribution in [0, 0.1) is 0 Å². The summed E-state index contributed by atoms with van der Waals surface area (Å²) < 4.78 is 7.80. The number of carbonyl (C=O) groups is 1. The first kappa shape index (κ1) is 15.6. The van der Waals surface area contributed by atoms with Crippen molar-refractivity contribution in [2.75, 3.05) is 6.54 Å². The van der Waals surface area contributed by atoms with Crippen molar-refractivity contribution >= 4 is 5.91 Å². The van der Waals surface area contributed by atoms with Crippen LogP contribution in [0.2, 0.25) is 0 Å². The molecule has 0 saturated carbocycles. The molecule has 2 heterocycles. The van der Waals surface area contributed by atoms with Crippen LogP contribution in [0.15, 0.2) is 36.5 Å². The van der Waals surface area contributed by atoms with Gasteiger partial charge in [0.25, 0.3) is 5.91 Å². The van der Waals surface area contributed by atoms with E-state index in [1.807, 2.05) is 29.2 Å². The van der Waals surface area contributed by atoms with Crippen molar-refractivity contribution in [1.82, 2.24) is 14.7 Å².